The quantitative estimate of drug-likeness (QED) is 0.689. The molecule has 0 amide bonds. The number of nitrogens with zero attached hydrogens (tertiary/aromatic N) is 3. The minimum atomic E-state index is -0.110. The molecule has 0 saturated carbocycles. The summed E-state index contributed by atoms with van der Waals surface area (Å²) in [6, 6.07) is 3.63. The maximum absolute atomic E-state index is 8.76. The minimum absolute atomic E-state index is 0.00490. The maximum atomic E-state index is 8.76. The minimum Gasteiger partial charge on any atom is -0.382 e. The van der Waals surface area contributed by atoms with Crippen LogP contribution >= 0.6 is 0 Å². The van der Waals surface area contributed by atoms with Crippen molar-refractivity contribution in [3.63, 3.8) is 0 Å². The topological polar surface area (TPSA) is 98.0 Å². The van der Waals surface area contributed by atoms with Gasteiger partial charge in [-0.15, -0.1) is 0 Å². The molecule has 0 saturated heterocycles. The fourth-order valence-corrected chi connectivity index (χ4v) is 1.76. The average Bonchev–Trinajstić information content (AvgIpc) is 2.65. The molecule has 1 aliphatic rings. The van der Waals surface area contributed by atoms with Crippen molar-refractivity contribution >= 4 is 5.84 Å². The largest absolute Gasteiger partial charge is 0.382 e. The molecule has 84 valence electrons. The molecule has 0 fully saturated rings. The van der Waals surface area contributed by atoms with Crippen LogP contribution in [-0.2, 0) is 0 Å². The molecule has 16 heavy (non-hydrogen) atoms. The van der Waals surface area contributed by atoms with Crippen LogP contribution in [0.1, 0.15) is 26.7 Å². The molecule has 1 rings (SSSR count). The third-order valence-electron chi connectivity index (χ3n) is 2.80. The van der Waals surface area contributed by atoms with Crippen molar-refractivity contribution in [3.8, 4) is 12.1 Å². The molecule has 5 nitrogen and oxygen atoms in total. The van der Waals surface area contributed by atoms with Crippen LogP contribution in [-0.4, -0.2) is 12.0 Å². The van der Waals surface area contributed by atoms with Crippen molar-refractivity contribution in [2.24, 2.45) is 16.6 Å². The summed E-state index contributed by atoms with van der Waals surface area (Å²) in [7, 11) is 0. The summed E-state index contributed by atoms with van der Waals surface area (Å²) in [4.78, 5) is 4.25. The highest BCUT2D eigenvalue weighted by Gasteiger charge is 2.27. The van der Waals surface area contributed by atoms with Crippen LogP contribution in [0.15, 0.2) is 16.3 Å². The Morgan fingerprint density at radius 2 is 2.00 bits per heavy atom. The van der Waals surface area contributed by atoms with Gasteiger partial charge in [0.1, 0.15) is 29.8 Å². The predicted octanol–water partition coefficient (Wildman–Crippen LogP) is 1.01. The molecule has 0 radical (unpaired) electrons. The number of aliphatic imine (C=N–C) groups is 1. The summed E-state index contributed by atoms with van der Waals surface area (Å²) >= 11 is 0. The third-order valence-corrected chi connectivity index (χ3v) is 2.80. The second-order valence-electron chi connectivity index (χ2n) is 3.65. The lowest BCUT2D eigenvalue weighted by Gasteiger charge is -2.18. The van der Waals surface area contributed by atoms with Gasteiger partial charge in [-0.1, -0.05) is 13.8 Å². The van der Waals surface area contributed by atoms with Gasteiger partial charge in [0.25, 0.3) is 0 Å². The first-order chi connectivity index (χ1) is 7.67. The molecule has 0 aliphatic carbocycles. The highest BCUT2D eigenvalue weighted by atomic mass is 15.2. The molecule has 3 N–H and O–H groups in total. The van der Waals surface area contributed by atoms with E-state index in [2.05, 4.69) is 24.2 Å². The van der Waals surface area contributed by atoms with E-state index in [1.54, 1.807) is 0 Å². The number of allylic oxidation sites excluding steroid dienone is 1. The Hall–Kier alpha value is -2.01. The van der Waals surface area contributed by atoms with Gasteiger partial charge in [0.15, 0.2) is 5.57 Å². The van der Waals surface area contributed by atoms with Crippen molar-refractivity contribution in [2.75, 3.05) is 0 Å². The Labute approximate surface area is 95.3 Å². The van der Waals surface area contributed by atoms with Gasteiger partial charge in [-0.05, 0) is 18.8 Å². The molecule has 1 aliphatic heterocycles. The highest BCUT2D eigenvalue weighted by Crippen LogP contribution is 2.20. The second kappa shape index (κ2) is 5.18. The van der Waals surface area contributed by atoms with E-state index in [4.69, 9.17) is 16.3 Å². The lowest BCUT2D eigenvalue weighted by Crippen LogP contribution is -2.30. The van der Waals surface area contributed by atoms with Crippen LogP contribution in [0.4, 0.5) is 0 Å². The molecule has 0 spiro atoms. The molecular weight excluding hydrogens is 202 g/mol. The number of hydrogen-bond donors (Lipinski definition) is 2. The standard InChI is InChI=1S/C11H15N5/c1-3-7(4-2)11-15-9(10(14)16-11)8(5-12)6-13/h7,11,15H,3-4H2,1-2H3,(H2,14,16)/t11-/m0/s1. The zero-order valence-electron chi connectivity index (χ0n) is 9.49. The number of hydrogen-bond acceptors (Lipinski definition) is 5. The van der Waals surface area contributed by atoms with E-state index in [9.17, 15) is 0 Å². The molecular formula is C11H15N5. The molecule has 5 heteroatoms. The van der Waals surface area contributed by atoms with Gasteiger partial charge >= 0.3 is 0 Å². The summed E-state index contributed by atoms with van der Waals surface area (Å²) in [5.74, 6) is 0.629. The van der Waals surface area contributed by atoms with Gasteiger partial charge in [0.2, 0.25) is 0 Å². The molecule has 0 aromatic rings. The molecule has 0 aromatic carbocycles. The van der Waals surface area contributed by atoms with Crippen molar-refractivity contribution in [3.05, 3.63) is 11.3 Å². The Morgan fingerprint density at radius 1 is 1.44 bits per heavy atom. The summed E-state index contributed by atoms with van der Waals surface area (Å²) in [6.45, 7) is 4.16. The summed E-state index contributed by atoms with van der Waals surface area (Å²) in [5.41, 5.74) is 6.07. The second-order valence-corrected chi connectivity index (χ2v) is 3.65. The van der Waals surface area contributed by atoms with Gasteiger partial charge in [0, 0.05) is 0 Å². The Morgan fingerprint density at radius 3 is 2.44 bits per heavy atom. The van der Waals surface area contributed by atoms with E-state index in [1.165, 1.54) is 0 Å². The highest BCUT2D eigenvalue weighted by molar-refractivity contribution is 6.00. The SMILES string of the molecule is CCC(CC)[C@@H]1N=C(N)C(=C(C#N)C#N)N1. The first-order valence-corrected chi connectivity index (χ1v) is 5.32. The van der Waals surface area contributed by atoms with Crippen LogP contribution in [0.25, 0.3) is 0 Å². The third kappa shape index (κ3) is 2.14. The zero-order valence-corrected chi connectivity index (χ0v) is 9.49. The van der Waals surface area contributed by atoms with Gasteiger partial charge < -0.3 is 11.1 Å². The maximum Gasteiger partial charge on any atom is 0.156 e. The monoisotopic (exact) mass is 217 g/mol. The lowest BCUT2D eigenvalue weighted by atomic mass is 10.0. The van der Waals surface area contributed by atoms with E-state index < -0.39 is 0 Å². The van der Waals surface area contributed by atoms with Crippen LogP contribution in [0.5, 0.6) is 0 Å². The van der Waals surface area contributed by atoms with Crippen molar-refractivity contribution in [1.82, 2.24) is 5.32 Å². The van der Waals surface area contributed by atoms with Crippen LogP contribution in [0, 0.1) is 28.6 Å². The Balaban J connectivity index is 2.96. The van der Waals surface area contributed by atoms with Crippen LogP contribution in [0.3, 0.4) is 0 Å². The Kier molecular flexibility index (Phi) is 3.90. The normalized spacial score (nSPS) is 18.7. The average molecular weight is 217 g/mol. The first kappa shape index (κ1) is 12.1. The number of nitrogens with two attached hydrogens (primary N) is 1. The van der Waals surface area contributed by atoms with Crippen molar-refractivity contribution in [2.45, 2.75) is 32.9 Å². The van der Waals surface area contributed by atoms with E-state index in [0.717, 1.165) is 12.8 Å². The number of rotatable bonds is 3. The molecule has 0 bridgehead atoms. The Bertz CT molecular complexity index is 387. The lowest BCUT2D eigenvalue weighted by molar-refractivity contribution is 0.377. The zero-order chi connectivity index (χ0) is 12.1. The predicted molar refractivity (Wildman–Crippen MR) is 60.9 cm³/mol. The summed E-state index contributed by atoms with van der Waals surface area (Å²) in [5, 5.41) is 20.6. The summed E-state index contributed by atoms with van der Waals surface area (Å²) in [6.07, 6.45) is 1.85. The smallest absolute Gasteiger partial charge is 0.156 e. The van der Waals surface area contributed by atoms with Crippen LogP contribution in [0.2, 0.25) is 0 Å². The van der Waals surface area contributed by atoms with Gasteiger partial charge in [-0.2, -0.15) is 10.5 Å². The van der Waals surface area contributed by atoms with Gasteiger partial charge in [-0.3, -0.25) is 0 Å². The number of amidine groups is 1. The van der Waals surface area contributed by atoms with Crippen molar-refractivity contribution < 1.29 is 0 Å². The fourth-order valence-electron chi connectivity index (χ4n) is 1.76. The van der Waals surface area contributed by atoms with E-state index >= 15 is 0 Å². The summed E-state index contributed by atoms with van der Waals surface area (Å²) < 4.78 is 0. The number of nitrogens with one attached hydrogen (secondary N) is 1. The van der Waals surface area contributed by atoms with E-state index in [0.29, 0.717) is 11.6 Å². The number of nitriles is 2. The van der Waals surface area contributed by atoms with E-state index in [-0.39, 0.29) is 17.6 Å². The first-order valence-electron chi connectivity index (χ1n) is 5.32. The van der Waals surface area contributed by atoms with E-state index in [1.807, 2.05) is 12.1 Å². The molecule has 1 heterocycles. The van der Waals surface area contributed by atoms with Gasteiger partial charge in [-0.25, -0.2) is 4.99 Å². The molecule has 0 aromatic heterocycles. The molecule has 0 unspecified atom stereocenters. The fraction of sp³-hybridized carbons (Fsp3) is 0.545. The van der Waals surface area contributed by atoms with Gasteiger partial charge in [0.05, 0.1) is 0 Å². The van der Waals surface area contributed by atoms with Crippen molar-refractivity contribution in [1.29, 1.82) is 10.5 Å². The van der Waals surface area contributed by atoms with Crippen LogP contribution < -0.4 is 11.1 Å². The molecule has 1 atom stereocenters.